The van der Waals surface area contributed by atoms with Crippen LogP contribution in [0.1, 0.15) is 17.0 Å². The van der Waals surface area contributed by atoms with Crippen molar-refractivity contribution in [2.75, 3.05) is 31.1 Å². The number of nitrogens with zero attached hydrogens (tertiary/aromatic N) is 4. The number of nitro benzene ring substituents is 1. The Hall–Kier alpha value is -2.41. The predicted molar refractivity (Wildman–Crippen MR) is 86.6 cm³/mol. The average molecular weight is 316 g/mol. The van der Waals surface area contributed by atoms with Crippen molar-refractivity contribution < 1.29 is 9.45 Å². The quantitative estimate of drug-likeness (QED) is 0.637. The van der Waals surface area contributed by atoms with Crippen LogP contribution in [0.4, 0.5) is 11.4 Å². The maximum atomic E-state index is 10.9. The summed E-state index contributed by atoms with van der Waals surface area (Å²) in [6.45, 7) is 8.13. The number of rotatable bonds is 4. The number of piperazine rings is 1. The third-order valence-corrected chi connectivity index (χ3v) is 4.18. The first-order chi connectivity index (χ1) is 11.0. The molecule has 1 fully saturated rings. The van der Waals surface area contributed by atoms with E-state index in [4.69, 9.17) is 4.52 Å². The summed E-state index contributed by atoms with van der Waals surface area (Å²) in [4.78, 5) is 15.2. The summed E-state index contributed by atoms with van der Waals surface area (Å²) >= 11 is 0. The highest BCUT2D eigenvalue weighted by atomic mass is 16.6. The van der Waals surface area contributed by atoms with E-state index in [-0.39, 0.29) is 10.6 Å². The van der Waals surface area contributed by atoms with Crippen molar-refractivity contribution in [2.45, 2.75) is 20.4 Å². The number of hydrogen-bond acceptors (Lipinski definition) is 6. The molecule has 7 heteroatoms. The van der Waals surface area contributed by atoms with Crippen LogP contribution in [0.15, 0.2) is 28.8 Å². The van der Waals surface area contributed by atoms with Crippen LogP contribution in [0.5, 0.6) is 0 Å². The molecular formula is C16H20N4O3. The normalized spacial score (nSPS) is 15.8. The van der Waals surface area contributed by atoms with Gasteiger partial charge in [0.15, 0.2) is 0 Å². The van der Waals surface area contributed by atoms with Gasteiger partial charge in [-0.25, -0.2) is 0 Å². The molecule has 0 radical (unpaired) electrons. The summed E-state index contributed by atoms with van der Waals surface area (Å²) < 4.78 is 5.10. The summed E-state index contributed by atoms with van der Waals surface area (Å²) in [5.41, 5.74) is 2.88. The molecule has 0 aliphatic carbocycles. The molecule has 0 spiro atoms. The SMILES string of the molecule is Cc1cc(CN2CCN(c3ccc([N+](=O)[O-])c(C)c3)CC2)no1. The fraction of sp³-hybridized carbons (Fsp3) is 0.438. The molecule has 0 N–H and O–H groups in total. The third-order valence-electron chi connectivity index (χ3n) is 4.18. The van der Waals surface area contributed by atoms with Crippen molar-refractivity contribution >= 4 is 11.4 Å². The molecule has 0 bridgehead atoms. The van der Waals surface area contributed by atoms with E-state index in [1.54, 1.807) is 13.0 Å². The summed E-state index contributed by atoms with van der Waals surface area (Å²) in [6, 6.07) is 7.29. The van der Waals surface area contributed by atoms with Crippen molar-refractivity contribution in [3.8, 4) is 0 Å². The minimum Gasteiger partial charge on any atom is -0.369 e. The van der Waals surface area contributed by atoms with E-state index in [2.05, 4.69) is 15.0 Å². The first-order valence-electron chi connectivity index (χ1n) is 7.67. The number of aryl methyl sites for hydroxylation is 2. The van der Waals surface area contributed by atoms with Gasteiger partial charge in [-0.05, 0) is 26.0 Å². The van der Waals surface area contributed by atoms with Crippen LogP contribution in [0.3, 0.4) is 0 Å². The second-order valence-electron chi connectivity index (χ2n) is 5.92. The molecule has 0 saturated carbocycles. The van der Waals surface area contributed by atoms with E-state index >= 15 is 0 Å². The minimum atomic E-state index is -0.336. The lowest BCUT2D eigenvalue weighted by Gasteiger charge is -2.35. The van der Waals surface area contributed by atoms with E-state index < -0.39 is 0 Å². The number of aromatic nitrogens is 1. The zero-order valence-electron chi connectivity index (χ0n) is 13.4. The highest BCUT2D eigenvalue weighted by Gasteiger charge is 2.20. The zero-order valence-corrected chi connectivity index (χ0v) is 13.4. The van der Waals surface area contributed by atoms with Gasteiger partial charge in [0.25, 0.3) is 5.69 Å². The van der Waals surface area contributed by atoms with Gasteiger partial charge in [-0.2, -0.15) is 0 Å². The van der Waals surface area contributed by atoms with Gasteiger partial charge in [0.2, 0.25) is 0 Å². The van der Waals surface area contributed by atoms with E-state index in [0.717, 1.165) is 49.9 Å². The monoisotopic (exact) mass is 316 g/mol. The third kappa shape index (κ3) is 3.50. The van der Waals surface area contributed by atoms with Crippen molar-refractivity contribution in [3.63, 3.8) is 0 Å². The van der Waals surface area contributed by atoms with Crippen LogP contribution in [-0.4, -0.2) is 41.2 Å². The minimum absolute atomic E-state index is 0.175. The second-order valence-corrected chi connectivity index (χ2v) is 5.92. The van der Waals surface area contributed by atoms with E-state index in [0.29, 0.717) is 5.56 Å². The molecule has 1 saturated heterocycles. The summed E-state index contributed by atoms with van der Waals surface area (Å²) in [7, 11) is 0. The van der Waals surface area contributed by atoms with Crippen molar-refractivity contribution in [3.05, 3.63) is 51.4 Å². The molecule has 0 unspecified atom stereocenters. The molecule has 3 rings (SSSR count). The van der Waals surface area contributed by atoms with E-state index in [1.165, 1.54) is 0 Å². The lowest BCUT2D eigenvalue weighted by molar-refractivity contribution is -0.385. The van der Waals surface area contributed by atoms with Crippen LogP contribution in [0, 0.1) is 24.0 Å². The Labute approximate surface area is 134 Å². The molecule has 2 heterocycles. The molecule has 7 nitrogen and oxygen atoms in total. The Balaban J connectivity index is 1.60. The lowest BCUT2D eigenvalue weighted by atomic mass is 10.1. The van der Waals surface area contributed by atoms with Crippen LogP contribution in [0.25, 0.3) is 0 Å². The molecule has 2 aromatic rings. The smallest absolute Gasteiger partial charge is 0.272 e. The molecule has 1 aromatic carbocycles. The fourth-order valence-corrected chi connectivity index (χ4v) is 2.93. The van der Waals surface area contributed by atoms with Crippen LogP contribution < -0.4 is 4.90 Å². The number of nitro groups is 1. The zero-order chi connectivity index (χ0) is 16.4. The van der Waals surface area contributed by atoms with Crippen LogP contribution in [0.2, 0.25) is 0 Å². The van der Waals surface area contributed by atoms with E-state index in [9.17, 15) is 10.1 Å². The van der Waals surface area contributed by atoms with Crippen molar-refractivity contribution in [1.82, 2.24) is 10.1 Å². The van der Waals surface area contributed by atoms with Gasteiger partial charge in [0.05, 0.1) is 10.6 Å². The Kier molecular flexibility index (Phi) is 4.29. The van der Waals surface area contributed by atoms with Gasteiger partial charge in [0, 0.05) is 56.1 Å². The summed E-state index contributed by atoms with van der Waals surface area (Å²) in [5.74, 6) is 0.833. The Morgan fingerprint density at radius 2 is 1.96 bits per heavy atom. The maximum Gasteiger partial charge on any atom is 0.272 e. The lowest BCUT2D eigenvalue weighted by Crippen LogP contribution is -2.46. The van der Waals surface area contributed by atoms with Gasteiger partial charge < -0.3 is 9.42 Å². The molecule has 1 aliphatic heterocycles. The largest absolute Gasteiger partial charge is 0.369 e. The number of anilines is 1. The summed E-state index contributed by atoms with van der Waals surface area (Å²) in [6.07, 6.45) is 0. The maximum absolute atomic E-state index is 10.9. The van der Waals surface area contributed by atoms with Gasteiger partial charge in [0.1, 0.15) is 5.76 Å². The van der Waals surface area contributed by atoms with Gasteiger partial charge in [-0.3, -0.25) is 15.0 Å². The molecule has 23 heavy (non-hydrogen) atoms. The highest BCUT2D eigenvalue weighted by molar-refractivity contribution is 5.55. The number of benzene rings is 1. The first kappa shape index (κ1) is 15.5. The highest BCUT2D eigenvalue weighted by Crippen LogP contribution is 2.25. The van der Waals surface area contributed by atoms with E-state index in [1.807, 2.05) is 25.1 Å². The number of hydrogen-bond donors (Lipinski definition) is 0. The van der Waals surface area contributed by atoms with Gasteiger partial charge >= 0.3 is 0 Å². The average Bonchev–Trinajstić information content (AvgIpc) is 2.92. The molecule has 0 atom stereocenters. The molecule has 1 aromatic heterocycles. The topological polar surface area (TPSA) is 75.7 Å². The second kappa shape index (κ2) is 6.37. The standard InChI is InChI=1S/C16H20N4O3/c1-12-9-15(3-4-16(12)20(21)22)19-7-5-18(6-8-19)11-14-10-13(2)23-17-14/h3-4,9-10H,5-8,11H2,1-2H3. The van der Waals surface area contributed by atoms with Crippen LogP contribution in [-0.2, 0) is 6.54 Å². The fourth-order valence-electron chi connectivity index (χ4n) is 2.93. The predicted octanol–water partition coefficient (Wildman–Crippen LogP) is 2.52. The molecule has 122 valence electrons. The summed E-state index contributed by atoms with van der Waals surface area (Å²) in [5, 5.41) is 14.9. The molecular weight excluding hydrogens is 296 g/mol. The Bertz CT molecular complexity index is 705. The Morgan fingerprint density at radius 3 is 2.52 bits per heavy atom. The van der Waals surface area contributed by atoms with Crippen molar-refractivity contribution in [1.29, 1.82) is 0 Å². The van der Waals surface area contributed by atoms with Gasteiger partial charge in [-0.15, -0.1) is 0 Å². The molecule has 1 aliphatic rings. The van der Waals surface area contributed by atoms with Gasteiger partial charge in [-0.1, -0.05) is 5.16 Å². The van der Waals surface area contributed by atoms with Crippen LogP contribution >= 0.6 is 0 Å². The Morgan fingerprint density at radius 1 is 1.22 bits per heavy atom. The first-order valence-corrected chi connectivity index (χ1v) is 7.67. The van der Waals surface area contributed by atoms with Crippen molar-refractivity contribution in [2.24, 2.45) is 0 Å². The molecule has 0 amide bonds.